The Bertz CT molecular complexity index is 746. The smallest absolute Gasteiger partial charge is 0.298 e. The molecule has 1 amide bonds. The summed E-state index contributed by atoms with van der Waals surface area (Å²) in [7, 11) is 1.33. The van der Waals surface area contributed by atoms with Gasteiger partial charge in [0.05, 0.1) is 5.69 Å². The number of nitrogens with two attached hydrogens (primary N) is 1. The van der Waals surface area contributed by atoms with Gasteiger partial charge in [0.1, 0.15) is 18.5 Å². The van der Waals surface area contributed by atoms with Crippen molar-refractivity contribution in [3.63, 3.8) is 0 Å². The minimum absolute atomic E-state index is 0.0342. The van der Waals surface area contributed by atoms with Crippen LogP contribution in [0.3, 0.4) is 0 Å². The first kappa shape index (κ1) is 14.3. The number of fused-ring (bicyclic) bond motifs is 1. The van der Waals surface area contributed by atoms with Gasteiger partial charge >= 0.3 is 0 Å². The molecule has 22 heavy (non-hydrogen) atoms. The maximum Gasteiger partial charge on any atom is 0.298 e. The molecule has 2 heterocycles. The number of carbonyl (C=O) groups excluding carboxylic acids is 1. The number of anilines is 3. The number of nitrogens with one attached hydrogen (secondary N) is 1. The molecular formula is C12H12N6O3S. The molecule has 1 aliphatic rings. The van der Waals surface area contributed by atoms with E-state index in [9.17, 15) is 10.0 Å². The van der Waals surface area contributed by atoms with Crippen LogP contribution in [0.1, 0.15) is 5.69 Å². The second kappa shape index (κ2) is 5.60. The molecule has 0 saturated heterocycles. The van der Waals surface area contributed by atoms with Crippen molar-refractivity contribution >= 4 is 39.5 Å². The number of nitrogens with zero attached hydrogens (tertiary/aromatic N) is 4. The Morgan fingerprint density at radius 1 is 1.45 bits per heavy atom. The van der Waals surface area contributed by atoms with Crippen LogP contribution in [0.5, 0.6) is 0 Å². The van der Waals surface area contributed by atoms with E-state index in [0.29, 0.717) is 22.2 Å². The second-order valence-electron chi connectivity index (χ2n) is 4.23. The van der Waals surface area contributed by atoms with E-state index in [1.807, 2.05) is 0 Å². The molecule has 2 aromatic rings. The van der Waals surface area contributed by atoms with E-state index in [1.54, 1.807) is 29.6 Å². The first-order chi connectivity index (χ1) is 10.6. The fourth-order valence-corrected chi connectivity index (χ4v) is 2.53. The number of carbonyl (C=O) groups is 1. The Hall–Kier alpha value is -2.69. The molecule has 1 aliphatic heterocycles. The van der Waals surface area contributed by atoms with Crippen LogP contribution in [0.25, 0.3) is 0 Å². The molecule has 0 fully saturated rings. The molecule has 1 aromatic carbocycles. The van der Waals surface area contributed by atoms with Crippen molar-refractivity contribution in [2.45, 2.75) is 0 Å². The Morgan fingerprint density at radius 3 is 2.82 bits per heavy atom. The van der Waals surface area contributed by atoms with Gasteiger partial charge in [0.2, 0.25) is 0 Å². The normalized spacial score (nSPS) is 14.2. The average molecular weight is 320 g/mol. The van der Waals surface area contributed by atoms with Crippen LogP contribution in [-0.4, -0.2) is 28.9 Å². The molecular weight excluding hydrogens is 308 g/mol. The lowest BCUT2D eigenvalue weighted by Gasteiger charge is -2.17. The molecule has 0 radical (unpaired) electrons. The minimum atomic E-state index is -0.545. The molecule has 4 N–H and O–H groups in total. The highest BCUT2D eigenvalue weighted by molar-refractivity contribution is 7.13. The van der Waals surface area contributed by atoms with Crippen LogP contribution >= 0.6 is 11.3 Å². The predicted molar refractivity (Wildman–Crippen MR) is 81.4 cm³/mol. The number of nitrogen functional groups attached to an aromatic ring is 1. The first-order valence-electron chi connectivity index (χ1n) is 6.13. The zero-order valence-corrected chi connectivity index (χ0v) is 12.2. The zero-order chi connectivity index (χ0) is 15.7. The first-order valence-corrected chi connectivity index (χ1v) is 7.01. The van der Waals surface area contributed by atoms with Gasteiger partial charge < -0.3 is 10.6 Å². The van der Waals surface area contributed by atoms with Gasteiger partial charge in [0.15, 0.2) is 10.8 Å². The van der Waals surface area contributed by atoms with Crippen molar-refractivity contribution in [3.05, 3.63) is 35.3 Å². The summed E-state index contributed by atoms with van der Waals surface area (Å²) in [6.45, 7) is 0. The van der Waals surface area contributed by atoms with Crippen molar-refractivity contribution in [2.24, 2.45) is 5.16 Å². The van der Waals surface area contributed by atoms with Crippen LogP contribution in [-0.2, 0) is 9.63 Å². The lowest BCUT2D eigenvalue weighted by atomic mass is 10.2. The molecule has 0 bridgehead atoms. The molecule has 9 nitrogen and oxygen atoms in total. The van der Waals surface area contributed by atoms with Crippen LogP contribution in [0.15, 0.2) is 34.8 Å². The minimum Gasteiger partial charge on any atom is -0.398 e. The Morgan fingerprint density at radius 2 is 2.18 bits per heavy atom. The van der Waals surface area contributed by atoms with Gasteiger partial charge in [-0.15, -0.1) is 16.9 Å². The van der Waals surface area contributed by atoms with Gasteiger partial charge in [-0.3, -0.25) is 10.0 Å². The third-order valence-electron chi connectivity index (χ3n) is 2.90. The third-order valence-corrected chi connectivity index (χ3v) is 3.57. The lowest BCUT2D eigenvalue weighted by Crippen LogP contribution is -2.49. The largest absolute Gasteiger partial charge is 0.398 e. The van der Waals surface area contributed by atoms with E-state index >= 15 is 0 Å². The van der Waals surface area contributed by atoms with E-state index in [1.165, 1.54) is 18.4 Å². The molecule has 1 aromatic heterocycles. The Kier molecular flexibility index (Phi) is 3.63. The number of hydrogen-bond acceptors (Lipinski definition) is 9. The number of hydrazine groups is 2. The number of amides is 1. The van der Waals surface area contributed by atoms with Crippen molar-refractivity contribution in [2.75, 3.05) is 23.0 Å². The van der Waals surface area contributed by atoms with Gasteiger partial charge in [-0.1, -0.05) is 17.3 Å². The van der Waals surface area contributed by atoms with E-state index < -0.39 is 5.91 Å². The highest BCUT2D eigenvalue weighted by Gasteiger charge is 2.33. The monoisotopic (exact) mass is 320 g/mol. The molecule has 0 spiro atoms. The molecule has 0 aliphatic carbocycles. The van der Waals surface area contributed by atoms with Crippen LogP contribution < -0.4 is 21.4 Å². The van der Waals surface area contributed by atoms with Crippen LogP contribution in [0, 0.1) is 0 Å². The topological polar surface area (TPSA) is 116 Å². The van der Waals surface area contributed by atoms with Gasteiger partial charge in [0, 0.05) is 5.38 Å². The zero-order valence-electron chi connectivity index (χ0n) is 11.4. The summed E-state index contributed by atoms with van der Waals surface area (Å²) in [6.07, 6.45) is 0. The Labute approximate surface area is 129 Å². The summed E-state index contributed by atoms with van der Waals surface area (Å²) in [5.41, 5.74) is 9.27. The van der Waals surface area contributed by atoms with Crippen LogP contribution in [0.2, 0.25) is 0 Å². The fraction of sp³-hybridized carbons (Fsp3) is 0.0833. The highest BCUT2D eigenvalue weighted by atomic mass is 32.1. The SMILES string of the molecule is CON=C(C(=O)N1NN(O)c2ccccc21)c1csc(N)n1. The van der Waals surface area contributed by atoms with E-state index in [0.717, 1.165) is 10.2 Å². The fourth-order valence-electron chi connectivity index (χ4n) is 1.98. The predicted octanol–water partition coefficient (Wildman–Crippen LogP) is 0.738. The van der Waals surface area contributed by atoms with E-state index in [2.05, 4.69) is 15.7 Å². The summed E-state index contributed by atoms with van der Waals surface area (Å²) in [4.78, 5) is 21.4. The number of rotatable bonds is 3. The number of para-hydroxylation sites is 2. The van der Waals surface area contributed by atoms with Crippen molar-refractivity contribution in [3.8, 4) is 0 Å². The quantitative estimate of drug-likeness (QED) is 0.564. The summed E-state index contributed by atoms with van der Waals surface area (Å²) in [5, 5.41) is 17.3. The maximum atomic E-state index is 12.7. The summed E-state index contributed by atoms with van der Waals surface area (Å²) in [6, 6.07) is 6.82. The molecule has 0 unspecified atom stereocenters. The number of oxime groups is 1. The Balaban J connectivity index is 1.98. The van der Waals surface area contributed by atoms with Gasteiger partial charge in [0.25, 0.3) is 5.91 Å². The number of benzene rings is 1. The average Bonchev–Trinajstić information content (AvgIpc) is 3.09. The van der Waals surface area contributed by atoms with E-state index in [-0.39, 0.29) is 5.71 Å². The second-order valence-corrected chi connectivity index (χ2v) is 5.12. The molecule has 0 atom stereocenters. The maximum absolute atomic E-state index is 12.7. The molecule has 3 rings (SSSR count). The summed E-state index contributed by atoms with van der Waals surface area (Å²) in [5.74, 6) is -0.545. The van der Waals surface area contributed by atoms with Crippen molar-refractivity contribution < 1.29 is 14.8 Å². The summed E-state index contributed by atoms with van der Waals surface area (Å²) >= 11 is 1.18. The third kappa shape index (κ3) is 2.35. The molecule has 0 saturated carbocycles. The lowest BCUT2D eigenvalue weighted by molar-refractivity contribution is -0.113. The van der Waals surface area contributed by atoms with Gasteiger partial charge in [-0.2, -0.15) is 5.17 Å². The highest BCUT2D eigenvalue weighted by Crippen LogP contribution is 2.32. The van der Waals surface area contributed by atoms with Gasteiger partial charge in [-0.25, -0.2) is 9.99 Å². The van der Waals surface area contributed by atoms with Crippen LogP contribution in [0.4, 0.5) is 16.5 Å². The van der Waals surface area contributed by atoms with Crippen molar-refractivity contribution in [1.29, 1.82) is 0 Å². The molecule has 10 heteroatoms. The number of hydrogen-bond donors (Lipinski definition) is 3. The van der Waals surface area contributed by atoms with Crippen molar-refractivity contribution in [1.82, 2.24) is 10.5 Å². The standard InChI is InChI=1S/C12H12N6O3S/c1-21-15-10(7-6-22-12(13)14-7)11(19)17-8-4-2-3-5-9(8)18(20)16-17/h2-6,16,20H,1H3,(H2,13,14). The van der Waals surface area contributed by atoms with Gasteiger partial charge in [-0.05, 0) is 12.1 Å². The molecule has 114 valence electrons. The number of thiazole rings is 1. The number of aromatic nitrogens is 1. The van der Waals surface area contributed by atoms with E-state index in [4.69, 9.17) is 10.6 Å². The summed E-state index contributed by atoms with van der Waals surface area (Å²) < 4.78 is 0.